The summed E-state index contributed by atoms with van der Waals surface area (Å²) in [4.78, 5) is 0. The van der Waals surface area contributed by atoms with Crippen molar-refractivity contribution >= 4 is 10.8 Å². The van der Waals surface area contributed by atoms with Gasteiger partial charge in [0.1, 0.15) is 0 Å². The Kier molecular flexibility index (Phi) is 4.57. The first kappa shape index (κ1) is 12.1. The standard InChI is InChI=1S/C16H21N/c1-2-17-13-6-5-9-15-11-7-10-14-8-3-4-12-16(14)15/h3-4,7-8,10-12,17H,2,5-6,9,13H2,1H3. The molecule has 0 atom stereocenters. The summed E-state index contributed by atoms with van der Waals surface area (Å²) in [6.45, 7) is 4.38. The van der Waals surface area contributed by atoms with Crippen molar-refractivity contribution in [3.8, 4) is 0 Å². The Labute approximate surface area is 104 Å². The number of hydrogen-bond donors (Lipinski definition) is 1. The Morgan fingerprint density at radius 1 is 0.941 bits per heavy atom. The lowest BCUT2D eigenvalue weighted by atomic mass is 10.0. The van der Waals surface area contributed by atoms with Crippen LogP contribution < -0.4 is 5.32 Å². The maximum atomic E-state index is 3.37. The van der Waals surface area contributed by atoms with Crippen LogP contribution in [0.5, 0.6) is 0 Å². The first-order valence-electron chi connectivity index (χ1n) is 6.59. The molecule has 0 radical (unpaired) electrons. The third-order valence-corrected chi connectivity index (χ3v) is 3.18. The monoisotopic (exact) mass is 227 g/mol. The molecular formula is C16H21N. The van der Waals surface area contributed by atoms with E-state index >= 15 is 0 Å². The molecule has 2 aromatic rings. The van der Waals surface area contributed by atoms with Gasteiger partial charge in [0.15, 0.2) is 0 Å². The van der Waals surface area contributed by atoms with Crippen molar-refractivity contribution < 1.29 is 0 Å². The van der Waals surface area contributed by atoms with Crippen LogP contribution in [0.25, 0.3) is 10.8 Å². The second kappa shape index (κ2) is 6.41. The molecule has 0 aliphatic carbocycles. The van der Waals surface area contributed by atoms with Crippen LogP contribution in [-0.2, 0) is 6.42 Å². The van der Waals surface area contributed by atoms with Gasteiger partial charge in [-0.15, -0.1) is 0 Å². The Morgan fingerprint density at radius 2 is 1.76 bits per heavy atom. The number of fused-ring (bicyclic) bond motifs is 1. The SMILES string of the molecule is CCNCCCCc1cccc2ccccc12. The van der Waals surface area contributed by atoms with Gasteiger partial charge in [0.25, 0.3) is 0 Å². The summed E-state index contributed by atoms with van der Waals surface area (Å²) in [5.74, 6) is 0. The number of unbranched alkanes of at least 4 members (excludes halogenated alkanes) is 1. The number of rotatable bonds is 6. The predicted molar refractivity (Wildman–Crippen MR) is 75.4 cm³/mol. The highest BCUT2D eigenvalue weighted by Gasteiger charge is 1.99. The highest BCUT2D eigenvalue weighted by Crippen LogP contribution is 2.19. The van der Waals surface area contributed by atoms with Crippen LogP contribution in [-0.4, -0.2) is 13.1 Å². The number of nitrogens with one attached hydrogen (secondary N) is 1. The Balaban J connectivity index is 1.98. The molecule has 0 bridgehead atoms. The van der Waals surface area contributed by atoms with Crippen molar-refractivity contribution in [2.45, 2.75) is 26.2 Å². The Morgan fingerprint density at radius 3 is 2.65 bits per heavy atom. The van der Waals surface area contributed by atoms with E-state index in [0.29, 0.717) is 0 Å². The van der Waals surface area contributed by atoms with Gasteiger partial charge in [-0.25, -0.2) is 0 Å². The topological polar surface area (TPSA) is 12.0 Å². The molecule has 90 valence electrons. The number of benzene rings is 2. The molecule has 0 aromatic heterocycles. The van der Waals surface area contributed by atoms with E-state index in [-0.39, 0.29) is 0 Å². The minimum atomic E-state index is 1.08. The van der Waals surface area contributed by atoms with Crippen LogP contribution in [0.15, 0.2) is 42.5 Å². The fraction of sp³-hybridized carbons (Fsp3) is 0.375. The van der Waals surface area contributed by atoms with Crippen LogP contribution in [0.2, 0.25) is 0 Å². The van der Waals surface area contributed by atoms with Crippen molar-refractivity contribution in [3.63, 3.8) is 0 Å². The zero-order valence-electron chi connectivity index (χ0n) is 10.6. The van der Waals surface area contributed by atoms with Crippen molar-refractivity contribution in [2.24, 2.45) is 0 Å². The molecule has 0 aliphatic heterocycles. The minimum absolute atomic E-state index is 1.08. The molecule has 0 spiro atoms. The molecule has 0 saturated heterocycles. The van der Waals surface area contributed by atoms with E-state index in [0.717, 1.165) is 13.1 Å². The van der Waals surface area contributed by atoms with Gasteiger partial charge in [-0.3, -0.25) is 0 Å². The molecular weight excluding hydrogens is 206 g/mol. The van der Waals surface area contributed by atoms with Crippen LogP contribution in [0, 0.1) is 0 Å². The van der Waals surface area contributed by atoms with E-state index in [4.69, 9.17) is 0 Å². The van der Waals surface area contributed by atoms with Crippen LogP contribution in [0.4, 0.5) is 0 Å². The number of hydrogen-bond acceptors (Lipinski definition) is 1. The van der Waals surface area contributed by atoms with Gasteiger partial charge >= 0.3 is 0 Å². The predicted octanol–water partition coefficient (Wildman–Crippen LogP) is 3.77. The Hall–Kier alpha value is -1.34. The maximum Gasteiger partial charge on any atom is -0.00489 e. The van der Waals surface area contributed by atoms with Gasteiger partial charge < -0.3 is 5.32 Å². The van der Waals surface area contributed by atoms with E-state index in [1.54, 1.807) is 0 Å². The van der Waals surface area contributed by atoms with Crippen LogP contribution >= 0.6 is 0 Å². The van der Waals surface area contributed by atoms with Crippen molar-refractivity contribution in [3.05, 3.63) is 48.0 Å². The Bertz CT molecular complexity index is 457. The zero-order valence-corrected chi connectivity index (χ0v) is 10.6. The smallest absolute Gasteiger partial charge is 0.00489 e. The third-order valence-electron chi connectivity index (χ3n) is 3.18. The van der Waals surface area contributed by atoms with Gasteiger partial charge in [0, 0.05) is 0 Å². The largest absolute Gasteiger partial charge is 0.317 e. The summed E-state index contributed by atoms with van der Waals surface area (Å²) >= 11 is 0. The average Bonchev–Trinajstić information content (AvgIpc) is 2.39. The van der Waals surface area contributed by atoms with Crippen LogP contribution in [0.3, 0.4) is 0 Å². The molecule has 0 fully saturated rings. The molecule has 0 unspecified atom stereocenters. The maximum absolute atomic E-state index is 3.37. The van der Waals surface area contributed by atoms with Crippen LogP contribution in [0.1, 0.15) is 25.3 Å². The molecule has 2 rings (SSSR count). The van der Waals surface area contributed by atoms with E-state index in [1.165, 1.54) is 35.6 Å². The van der Waals surface area contributed by atoms with E-state index in [2.05, 4.69) is 54.7 Å². The summed E-state index contributed by atoms with van der Waals surface area (Å²) in [7, 11) is 0. The molecule has 1 N–H and O–H groups in total. The molecule has 0 aliphatic rings. The summed E-state index contributed by atoms with van der Waals surface area (Å²) in [5, 5.41) is 6.14. The fourth-order valence-corrected chi connectivity index (χ4v) is 2.25. The highest BCUT2D eigenvalue weighted by atomic mass is 14.8. The molecule has 1 heteroatoms. The van der Waals surface area contributed by atoms with Gasteiger partial charge in [-0.1, -0.05) is 49.4 Å². The lowest BCUT2D eigenvalue weighted by molar-refractivity contribution is 0.642. The third kappa shape index (κ3) is 3.31. The first-order valence-corrected chi connectivity index (χ1v) is 6.59. The summed E-state index contributed by atoms with van der Waals surface area (Å²) < 4.78 is 0. The molecule has 2 aromatic carbocycles. The lowest BCUT2D eigenvalue weighted by Crippen LogP contribution is -2.13. The highest BCUT2D eigenvalue weighted by molar-refractivity contribution is 5.85. The summed E-state index contributed by atoms with van der Waals surface area (Å²) in [6, 6.07) is 15.3. The van der Waals surface area contributed by atoms with Gasteiger partial charge in [-0.2, -0.15) is 0 Å². The normalized spacial score (nSPS) is 10.9. The average molecular weight is 227 g/mol. The first-order chi connectivity index (χ1) is 8.42. The summed E-state index contributed by atoms with van der Waals surface area (Å²) in [6.07, 6.45) is 3.71. The van der Waals surface area contributed by atoms with E-state index in [1.807, 2.05) is 0 Å². The zero-order chi connectivity index (χ0) is 11.9. The molecule has 0 saturated carbocycles. The second-order valence-electron chi connectivity index (χ2n) is 4.45. The van der Waals surface area contributed by atoms with Crippen molar-refractivity contribution in [2.75, 3.05) is 13.1 Å². The number of aryl methyl sites for hydroxylation is 1. The van der Waals surface area contributed by atoms with Crippen molar-refractivity contribution in [1.29, 1.82) is 0 Å². The summed E-state index contributed by atoms with van der Waals surface area (Å²) in [5.41, 5.74) is 1.49. The molecule has 1 nitrogen and oxygen atoms in total. The van der Waals surface area contributed by atoms with Crippen molar-refractivity contribution in [1.82, 2.24) is 5.32 Å². The van der Waals surface area contributed by atoms with E-state index in [9.17, 15) is 0 Å². The van der Waals surface area contributed by atoms with E-state index < -0.39 is 0 Å². The van der Waals surface area contributed by atoms with Gasteiger partial charge in [-0.05, 0) is 48.7 Å². The quantitative estimate of drug-likeness (QED) is 0.741. The fourth-order valence-electron chi connectivity index (χ4n) is 2.25. The second-order valence-corrected chi connectivity index (χ2v) is 4.45. The van der Waals surface area contributed by atoms with Gasteiger partial charge in [0.05, 0.1) is 0 Å². The van der Waals surface area contributed by atoms with Gasteiger partial charge in [0.2, 0.25) is 0 Å². The molecule has 0 heterocycles. The lowest BCUT2D eigenvalue weighted by Gasteiger charge is -2.06. The molecule has 17 heavy (non-hydrogen) atoms. The molecule has 0 amide bonds. The minimum Gasteiger partial charge on any atom is -0.317 e.